The molecular weight excluding hydrogens is 532 g/mol. The number of carboxylic acids is 1. The van der Waals surface area contributed by atoms with Gasteiger partial charge in [0.1, 0.15) is 11.5 Å². The molecule has 0 spiro atoms. The summed E-state index contributed by atoms with van der Waals surface area (Å²) < 4.78 is 20.7. The lowest BCUT2D eigenvalue weighted by molar-refractivity contribution is -0.131. The molecule has 8 heteroatoms. The zero-order valence-corrected chi connectivity index (χ0v) is 26.8. The summed E-state index contributed by atoms with van der Waals surface area (Å²) in [5, 5.41) is 13.6. The standard InChI is InChI=1S/C33H46N2O5Si/c1-24-29(38-5)19-28(20-30(24)39-6)32(40-41(7,8)33(2,3)4)27(16-12-15-25-13-10-9-11-14-25)23-35-22-26(21-34-35)17-18-31(36)37/h9-11,13-14,17-22,27,32H,12,15-16,23H2,1-8H3,(H,36,37)/b18-17+/t27-,32?/m1/s1. The smallest absolute Gasteiger partial charge is 0.328 e. The summed E-state index contributed by atoms with van der Waals surface area (Å²) in [7, 11) is 1.16. The molecule has 0 aliphatic carbocycles. The fraction of sp³-hybridized carbons (Fsp3) is 0.455. The number of rotatable bonds is 14. The second-order valence-corrected chi connectivity index (χ2v) is 16.9. The molecule has 0 fully saturated rings. The minimum atomic E-state index is -2.21. The van der Waals surface area contributed by atoms with E-state index in [0.717, 1.165) is 53.5 Å². The highest BCUT2D eigenvalue weighted by atomic mass is 28.4. The number of hydrogen-bond acceptors (Lipinski definition) is 5. The molecule has 2 aromatic carbocycles. The van der Waals surface area contributed by atoms with Gasteiger partial charge >= 0.3 is 5.97 Å². The zero-order valence-electron chi connectivity index (χ0n) is 25.8. The number of benzene rings is 2. The fourth-order valence-electron chi connectivity index (χ4n) is 4.73. The van der Waals surface area contributed by atoms with Crippen LogP contribution in [0.5, 0.6) is 11.5 Å². The predicted molar refractivity (Wildman–Crippen MR) is 167 cm³/mol. The quantitative estimate of drug-likeness (QED) is 0.156. The van der Waals surface area contributed by atoms with E-state index < -0.39 is 14.3 Å². The van der Waals surface area contributed by atoms with E-state index in [1.165, 1.54) is 5.56 Å². The lowest BCUT2D eigenvalue weighted by Gasteiger charge is -2.42. The van der Waals surface area contributed by atoms with Crippen LogP contribution < -0.4 is 9.47 Å². The molecule has 222 valence electrons. The Bertz CT molecular complexity index is 1290. The van der Waals surface area contributed by atoms with Crippen molar-refractivity contribution in [3.05, 3.63) is 83.2 Å². The molecule has 0 radical (unpaired) electrons. The Labute approximate surface area is 246 Å². The lowest BCUT2D eigenvalue weighted by Crippen LogP contribution is -2.43. The third-order valence-corrected chi connectivity index (χ3v) is 12.6. The van der Waals surface area contributed by atoms with Gasteiger partial charge in [0.05, 0.1) is 26.5 Å². The molecular formula is C33H46N2O5Si. The lowest BCUT2D eigenvalue weighted by atomic mass is 9.89. The van der Waals surface area contributed by atoms with Gasteiger partial charge in [0.15, 0.2) is 8.32 Å². The van der Waals surface area contributed by atoms with E-state index in [1.54, 1.807) is 26.5 Å². The van der Waals surface area contributed by atoms with Crippen LogP contribution in [0.3, 0.4) is 0 Å². The largest absolute Gasteiger partial charge is 0.496 e. The summed E-state index contributed by atoms with van der Waals surface area (Å²) >= 11 is 0. The van der Waals surface area contributed by atoms with Gasteiger partial charge < -0.3 is 19.0 Å². The first-order chi connectivity index (χ1) is 19.3. The normalized spacial score (nSPS) is 13.8. The van der Waals surface area contributed by atoms with Gasteiger partial charge in [-0.15, -0.1) is 0 Å². The van der Waals surface area contributed by atoms with Crippen molar-refractivity contribution in [2.24, 2.45) is 5.92 Å². The Morgan fingerprint density at radius 2 is 1.73 bits per heavy atom. The van der Waals surface area contributed by atoms with Crippen molar-refractivity contribution in [2.45, 2.75) is 77.7 Å². The monoisotopic (exact) mass is 578 g/mol. The maximum atomic E-state index is 11.0. The van der Waals surface area contributed by atoms with E-state index in [4.69, 9.17) is 19.0 Å². The molecule has 0 saturated carbocycles. The first kappa shape index (κ1) is 32.2. The fourth-order valence-corrected chi connectivity index (χ4v) is 6.04. The maximum Gasteiger partial charge on any atom is 0.328 e. The molecule has 0 bridgehead atoms. The highest BCUT2D eigenvalue weighted by Crippen LogP contribution is 2.45. The van der Waals surface area contributed by atoms with Crippen LogP contribution in [0.15, 0.2) is 60.9 Å². The molecule has 0 aliphatic rings. The highest BCUT2D eigenvalue weighted by Gasteiger charge is 2.41. The summed E-state index contributed by atoms with van der Waals surface area (Å²) in [5.41, 5.74) is 4.03. The number of carboxylic acid groups (broad SMARTS) is 1. The summed E-state index contributed by atoms with van der Waals surface area (Å²) in [6.45, 7) is 14.0. The topological polar surface area (TPSA) is 82.8 Å². The molecule has 1 heterocycles. The average molecular weight is 579 g/mol. The number of aryl methyl sites for hydroxylation is 1. The van der Waals surface area contributed by atoms with Crippen LogP contribution in [0.4, 0.5) is 0 Å². The third kappa shape index (κ3) is 8.81. The minimum absolute atomic E-state index is 0.0131. The Kier molecular flexibility index (Phi) is 11.0. The molecule has 3 rings (SSSR count). The molecule has 3 aromatic rings. The van der Waals surface area contributed by atoms with Crippen LogP contribution in [0.25, 0.3) is 6.08 Å². The first-order valence-electron chi connectivity index (χ1n) is 14.2. The number of hydrogen-bond donors (Lipinski definition) is 1. The van der Waals surface area contributed by atoms with Crippen molar-refractivity contribution in [3.8, 4) is 11.5 Å². The second kappa shape index (κ2) is 14.0. The number of aromatic nitrogens is 2. The molecule has 1 N–H and O–H groups in total. The molecule has 0 aliphatic heterocycles. The van der Waals surface area contributed by atoms with Gasteiger partial charge in [-0.2, -0.15) is 5.10 Å². The van der Waals surface area contributed by atoms with E-state index in [0.29, 0.717) is 6.54 Å². The van der Waals surface area contributed by atoms with E-state index in [1.807, 2.05) is 23.9 Å². The SMILES string of the molecule is COc1cc(C(O[Si](C)(C)C(C)(C)C)[C@H](CCCc2ccccc2)Cn2cc(/C=C/C(=O)O)cn2)cc(OC)c1C. The summed E-state index contributed by atoms with van der Waals surface area (Å²) in [5.74, 6) is 0.639. The second-order valence-electron chi connectivity index (χ2n) is 12.2. The number of methoxy groups -OCH3 is 2. The minimum Gasteiger partial charge on any atom is -0.496 e. The van der Waals surface area contributed by atoms with Crippen LogP contribution in [0, 0.1) is 12.8 Å². The molecule has 7 nitrogen and oxygen atoms in total. The van der Waals surface area contributed by atoms with Gasteiger partial charge in [-0.3, -0.25) is 4.68 Å². The van der Waals surface area contributed by atoms with Crippen LogP contribution in [0.2, 0.25) is 18.1 Å². The Morgan fingerprint density at radius 3 is 2.29 bits per heavy atom. The van der Waals surface area contributed by atoms with Crippen molar-refractivity contribution >= 4 is 20.4 Å². The van der Waals surface area contributed by atoms with Gasteiger partial charge in [-0.05, 0) is 73.7 Å². The maximum absolute atomic E-state index is 11.0. The predicted octanol–water partition coefficient (Wildman–Crippen LogP) is 7.71. The third-order valence-electron chi connectivity index (χ3n) is 8.14. The van der Waals surface area contributed by atoms with E-state index >= 15 is 0 Å². The van der Waals surface area contributed by atoms with Crippen molar-refractivity contribution in [1.29, 1.82) is 0 Å². The van der Waals surface area contributed by atoms with Crippen LogP contribution in [0.1, 0.15) is 62.0 Å². The Morgan fingerprint density at radius 1 is 1.10 bits per heavy atom. The van der Waals surface area contributed by atoms with E-state index in [9.17, 15) is 4.79 Å². The first-order valence-corrected chi connectivity index (χ1v) is 17.1. The van der Waals surface area contributed by atoms with Crippen LogP contribution in [-0.2, 0) is 22.2 Å². The molecule has 0 amide bonds. The number of ether oxygens (including phenoxy) is 2. The van der Waals surface area contributed by atoms with E-state index in [2.05, 4.69) is 75.4 Å². The molecule has 41 heavy (non-hydrogen) atoms. The molecule has 1 unspecified atom stereocenters. The van der Waals surface area contributed by atoms with Crippen molar-refractivity contribution < 1.29 is 23.8 Å². The zero-order chi connectivity index (χ0) is 30.2. The molecule has 0 saturated heterocycles. The van der Waals surface area contributed by atoms with Gasteiger partial charge in [0, 0.05) is 35.9 Å². The van der Waals surface area contributed by atoms with Gasteiger partial charge in [0.25, 0.3) is 0 Å². The van der Waals surface area contributed by atoms with Gasteiger partial charge in [-0.25, -0.2) is 4.79 Å². The van der Waals surface area contributed by atoms with Gasteiger partial charge in [0.2, 0.25) is 0 Å². The molecule has 2 atom stereocenters. The van der Waals surface area contributed by atoms with Crippen molar-refractivity contribution in [1.82, 2.24) is 9.78 Å². The molecule has 1 aromatic heterocycles. The number of aliphatic carboxylic acids is 1. The van der Waals surface area contributed by atoms with Gasteiger partial charge in [-0.1, -0.05) is 51.1 Å². The van der Waals surface area contributed by atoms with Crippen LogP contribution >= 0.6 is 0 Å². The Balaban J connectivity index is 2.06. The van der Waals surface area contributed by atoms with Crippen molar-refractivity contribution in [2.75, 3.05) is 14.2 Å². The summed E-state index contributed by atoms with van der Waals surface area (Å²) in [4.78, 5) is 11.0. The summed E-state index contributed by atoms with van der Waals surface area (Å²) in [6, 6.07) is 14.7. The average Bonchev–Trinajstić information content (AvgIpc) is 3.37. The number of carbonyl (C=O) groups is 1. The Hall–Kier alpha value is -3.36. The summed E-state index contributed by atoms with van der Waals surface area (Å²) in [6.07, 6.45) is 8.92. The van der Waals surface area contributed by atoms with E-state index in [-0.39, 0.29) is 17.1 Å². The van der Waals surface area contributed by atoms with Crippen molar-refractivity contribution in [3.63, 3.8) is 0 Å². The highest BCUT2D eigenvalue weighted by molar-refractivity contribution is 6.74. The van der Waals surface area contributed by atoms with Crippen LogP contribution in [-0.4, -0.2) is 43.4 Å². The number of nitrogens with zero attached hydrogens (tertiary/aromatic N) is 2.